The van der Waals surface area contributed by atoms with Crippen LogP contribution in [0.15, 0.2) is 12.1 Å². The average molecular weight is 239 g/mol. The normalized spacial score (nSPS) is 10.4. The summed E-state index contributed by atoms with van der Waals surface area (Å²) in [6.45, 7) is -3.11. The number of alkyl halides is 2. The van der Waals surface area contributed by atoms with Crippen molar-refractivity contribution >= 4 is 23.0 Å². The highest BCUT2D eigenvalue weighted by atomic mass is 35.5. The van der Waals surface area contributed by atoms with Crippen molar-refractivity contribution in [2.45, 2.75) is 6.61 Å². The molecule has 82 valence electrons. The Labute approximate surface area is 87.5 Å². The molecule has 2 N–H and O–H groups in total. The largest absolute Gasteiger partial charge is 0.433 e. The first-order chi connectivity index (χ1) is 6.91. The summed E-state index contributed by atoms with van der Waals surface area (Å²) in [5, 5.41) is 10.2. The molecular formula is C7H5ClF2N2O3. The quantitative estimate of drug-likeness (QED) is 0.498. The first-order valence-electron chi connectivity index (χ1n) is 3.60. The van der Waals surface area contributed by atoms with Gasteiger partial charge in [0.05, 0.1) is 16.0 Å². The van der Waals surface area contributed by atoms with Gasteiger partial charge in [-0.25, -0.2) is 0 Å². The van der Waals surface area contributed by atoms with E-state index >= 15 is 0 Å². The van der Waals surface area contributed by atoms with E-state index in [1.807, 2.05) is 0 Å². The smallest absolute Gasteiger partial charge is 0.387 e. The maximum Gasteiger partial charge on any atom is 0.387 e. The monoisotopic (exact) mass is 238 g/mol. The van der Waals surface area contributed by atoms with Crippen LogP contribution in [0, 0.1) is 10.1 Å². The Kier molecular flexibility index (Phi) is 3.25. The van der Waals surface area contributed by atoms with Crippen molar-refractivity contribution in [3.05, 3.63) is 27.3 Å². The topological polar surface area (TPSA) is 78.4 Å². The molecule has 0 saturated heterocycles. The highest BCUT2D eigenvalue weighted by Gasteiger charge is 2.18. The van der Waals surface area contributed by atoms with Crippen LogP contribution < -0.4 is 10.5 Å². The van der Waals surface area contributed by atoms with Crippen molar-refractivity contribution in [2.75, 3.05) is 5.73 Å². The first-order valence-corrected chi connectivity index (χ1v) is 3.98. The fraction of sp³-hybridized carbons (Fsp3) is 0.143. The van der Waals surface area contributed by atoms with E-state index < -0.39 is 23.0 Å². The number of nitro benzene ring substituents is 1. The lowest BCUT2D eigenvalue weighted by Gasteiger charge is -2.07. The lowest BCUT2D eigenvalue weighted by Crippen LogP contribution is -2.04. The Bertz CT molecular complexity index is 400. The van der Waals surface area contributed by atoms with Crippen molar-refractivity contribution in [3.8, 4) is 5.75 Å². The SMILES string of the molecule is Nc1cc(Cl)c(OC(F)F)cc1[N+](=O)[O-]. The van der Waals surface area contributed by atoms with E-state index in [2.05, 4.69) is 4.74 Å². The number of halogens is 3. The number of nitrogens with zero attached hydrogens (tertiary/aromatic N) is 1. The van der Waals surface area contributed by atoms with Crippen LogP contribution in [0.4, 0.5) is 20.2 Å². The van der Waals surface area contributed by atoms with Crippen molar-refractivity contribution in [1.82, 2.24) is 0 Å². The fourth-order valence-electron chi connectivity index (χ4n) is 0.902. The molecule has 0 heterocycles. The molecule has 0 aliphatic heterocycles. The van der Waals surface area contributed by atoms with Crippen LogP contribution in [-0.4, -0.2) is 11.5 Å². The van der Waals surface area contributed by atoms with E-state index in [0.717, 1.165) is 12.1 Å². The Balaban J connectivity index is 3.17. The first kappa shape index (κ1) is 11.4. The third kappa shape index (κ3) is 2.66. The number of anilines is 1. The van der Waals surface area contributed by atoms with E-state index in [0.29, 0.717) is 0 Å². The zero-order valence-electron chi connectivity index (χ0n) is 7.12. The second-order valence-electron chi connectivity index (χ2n) is 2.48. The standard InChI is InChI=1S/C7H5ClF2N2O3/c8-3-1-4(11)5(12(13)14)2-6(3)15-7(9)10/h1-2,7H,11H2. The summed E-state index contributed by atoms with van der Waals surface area (Å²) in [7, 11) is 0. The van der Waals surface area contributed by atoms with E-state index in [9.17, 15) is 18.9 Å². The number of nitrogens with two attached hydrogens (primary N) is 1. The molecule has 0 fully saturated rings. The van der Waals surface area contributed by atoms with Gasteiger partial charge in [0, 0.05) is 0 Å². The second-order valence-corrected chi connectivity index (χ2v) is 2.88. The zero-order valence-corrected chi connectivity index (χ0v) is 7.87. The number of rotatable bonds is 3. The summed E-state index contributed by atoms with van der Waals surface area (Å²) in [5.74, 6) is -0.479. The minimum atomic E-state index is -3.11. The molecule has 0 atom stereocenters. The third-order valence-electron chi connectivity index (χ3n) is 1.49. The predicted octanol–water partition coefficient (Wildman–Crippen LogP) is 2.43. The molecule has 1 rings (SSSR count). The maximum absolute atomic E-state index is 11.9. The lowest BCUT2D eigenvalue weighted by atomic mass is 10.2. The molecule has 0 unspecified atom stereocenters. The van der Waals surface area contributed by atoms with E-state index in [-0.39, 0.29) is 10.7 Å². The van der Waals surface area contributed by atoms with Crippen molar-refractivity contribution < 1.29 is 18.4 Å². The van der Waals surface area contributed by atoms with E-state index in [1.54, 1.807) is 0 Å². The van der Waals surface area contributed by atoms with Crippen LogP contribution >= 0.6 is 11.6 Å². The summed E-state index contributed by atoms with van der Waals surface area (Å²) < 4.78 is 27.7. The molecule has 8 heteroatoms. The van der Waals surface area contributed by atoms with Crippen molar-refractivity contribution in [2.24, 2.45) is 0 Å². The summed E-state index contributed by atoms with van der Waals surface area (Å²) in [6.07, 6.45) is 0. The third-order valence-corrected chi connectivity index (χ3v) is 1.79. The number of hydrogen-bond donors (Lipinski definition) is 1. The average Bonchev–Trinajstić information content (AvgIpc) is 2.08. The minimum absolute atomic E-state index is 0.210. The van der Waals surface area contributed by atoms with Gasteiger partial charge in [-0.15, -0.1) is 0 Å². The molecule has 1 aromatic carbocycles. The predicted molar refractivity (Wildman–Crippen MR) is 49.2 cm³/mol. The van der Waals surface area contributed by atoms with Crippen LogP contribution in [-0.2, 0) is 0 Å². The van der Waals surface area contributed by atoms with E-state index in [1.165, 1.54) is 0 Å². The Hall–Kier alpha value is -1.63. The molecule has 0 amide bonds. The van der Waals surface area contributed by atoms with Gasteiger partial charge in [0.25, 0.3) is 5.69 Å². The van der Waals surface area contributed by atoms with Gasteiger partial charge in [0.15, 0.2) is 5.75 Å². The number of ether oxygens (including phenoxy) is 1. The molecule has 0 spiro atoms. The molecule has 1 aromatic rings. The summed E-state index contributed by atoms with van der Waals surface area (Å²) in [5.41, 5.74) is 4.50. The highest BCUT2D eigenvalue weighted by Crippen LogP contribution is 2.34. The number of nitro groups is 1. The van der Waals surface area contributed by atoms with Gasteiger partial charge in [0.1, 0.15) is 5.69 Å². The molecule has 0 aliphatic carbocycles. The van der Waals surface area contributed by atoms with Gasteiger partial charge in [0.2, 0.25) is 0 Å². The highest BCUT2D eigenvalue weighted by molar-refractivity contribution is 6.32. The van der Waals surface area contributed by atoms with Crippen LogP contribution in [0.2, 0.25) is 5.02 Å². The van der Waals surface area contributed by atoms with Gasteiger partial charge in [-0.2, -0.15) is 8.78 Å². The molecular weight excluding hydrogens is 234 g/mol. The minimum Gasteiger partial charge on any atom is -0.433 e. The Morgan fingerprint density at radius 2 is 2.13 bits per heavy atom. The van der Waals surface area contributed by atoms with Crippen molar-refractivity contribution in [3.63, 3.8) is 0 Å². The maximum atomic E-state index is 11.9. The lowest BCUT2D eigenvalue weighted by molar-refractivity contribution is -0.384. The van der Waals surface area contributed by atoms with Gasteiger partial charge < -0.3 is 10.5 Å². The molecule has 5 nitrogen and oxygen atoms in total. The van der Waals surface area contributed by atoms with Gasteiger partial charge >= 0.3 is 6.61 Å². The Morgan fingerprint density at radius 1 is 1.53 bits per heavy atom. The molecule has 0 saturated carbocycles. The van der Waals surface area contributed by atoms with Crippen molar-refractivity contribution in [1.29, 1.82) is 0 Å². The second kappa shape index (κ2) is 4.26. The van der Waals surface area contributed by atoms with Gasteiger partial charge in [-0.05, 0) is 6.07 Å². The van der Waals surface area contributed by atoms with Gasteiger partial charge in [-0.1, -0.05) is 11.6 Å². The molecule has 15 heavy (non-hydrogen) atoms. The summed E-state index contributed by atoms with van der Waals surface area (Å²) >= 11 is 5.49. The van der Waals surface area contributed by atoms with Crippen LogP contribution in [0.5, 0.6) is 5.75 Å². The summed E-state index contributed by atoms with van der Waals surface area (Å²) in [4.78, 5) is 9.59. The van der Waals surface area contributed by atoms with Crippen LogP contribution in [0.1, 0.15) is 0 Å². The molecule has 0 aliphatic rings. The summed E-state index contributed by atoms with van der Waals surface area (Å²) in [6, 6.07) is 1.74. The number of hydrogen-bond acceptors (Lipinski definition) is 4. The Morgan fingerprint density at radius 3 is 2.60 bits per heavy atom. The van der Waals surface area contributed by atoms with E-state index in [4.69, 9.17) is 17.3 Å². The zero-order chi connectivity index (χ0) is 11.6. The number of nitrogen functional groups attached to an aromatic ring is 1. The molecule has 0 aromatic heterocycles. The van der Waals surface area contributed by atoms with Crippen LogP contribution in [0.25, 0.3) is 0 Å². The molecule has 0 radical (unpaired) electrons. The number of benzene rings is 1. The molecule has 0 bridgehead atoms. The van der Waals surface area contributed by atoms with Crippen LogP contribution in [0.3, 0.4) is 0 Å². The fourth-order valence-corrected chi connectivity index (χ4v) is 1.12. The van der Waals surface area contributed by atoms with Gasteiger partial charge in [-0.3, -0.25) is 10.1 Å².